The molecule has 0 saturated heterocycles. The number of hydrogen-bond acceptors (Lipinski definition) is 19. The maximum absolute atomic E-state index is 14.7. The lowest BCUT2D eigenvalue weighted by Crippen LogP contribution is -2.56. The van der Waals surface area contributed by atoms with Gasteiger partial charge in [0.2, 0.25) is 23.6 Å². The normalized spacial score (nSPS) is 15.9. The minimum Gasteiger partial charge on any atom is -0.492 e. The number of amides is 5. The van der Waals surface area contributed by atoms with Crippen molar-refractivity contribution < 1.29 is 126 Å². The summed E-state index contributed by atoms with van der Waals surface area (Å²) in [7, 11) is 5.29. The number of alkyl halides is 12. The van der Waals surface area contributed by atoms with E-state index in [1.807, 2.05) is 39.8 Å². The highest BCUT2D eigenvalue weighted by atomic mass is 33.1. The summed E-state index contributed by atoms with van der Waals surface area (Å²) in [5.74, 6) is -12.3. The van der Waals surface area contributed by atoms with Gasteiger partial charge in [-0.05, 0) is 80.6 Å². The topological polar surface area (TPSA) is 432 Å². The fourth-order valence-corrected chi connectivity index (χ4v) is 11.2. The number of carboxylic acids is 4. The molecule has 4 aromatic rings. The van der Waals surface area contributed by atoms with E-state index >= 15 is 0 Å². The molecule has 1 fully saturated rings. The number of carbonyl (C=O) groups is 9. The predicted molar refractivity (Wildman–Crippen MR) is 326 cm³/mol. The van der Waals surface area contributed by atoms with E-state index in [4.69, 9.17) is 66.3 Å². The Hall–Kier alpha value is -9.20. The summed E-state index contributed by atoms with van der Waals surface area (Å²) in [6, 6.07) is 15.1. The molecule has 26 nitrogen and oxygen atoms in total. The Morgan fingerprint density at radius 3 is 1.69 bits per heavy atom. The third-order valence-corrected chi connectivity index (χ3v) is 15.9. The van der Waals surface area contributed by atoms with Crippen molar-refractivity contribution in [1.29, 1.82) is 5.26 Å². The van der Waals surface area contributed by atoms with E-state index in [1.54, 1.807) is 43.3 Å². The van der Waals surface area contributed by atoms with Gasteiger partial charge in [0.25, 0.3) is 5.91 Å². The van der Waals surface area contributed by atoms with Gasteiger partial charge in [0.1, 0.15) is 55.4 Å². The van der Waals surface area contributed by atoms with Gasteiger partial charge in [-0.2, -0.15) is 57.9 Å². The van der Waals surface area contributed by atoms with Gasteiger partial charge < -0.3 is 73.3 Å². The third-order valence-electron chi connectivity index (χ3n) is 13.0. The van der Waals surface area contributed by atoms with Gasteiger partial charge >= 0.3 is 48.6 Å². The summed E-state index contributed by atoms with van der Waals surface area (Å²) in [5.41, 5.74) is 22.1. The summed E-state index contributed by atoms with van der Waals surface area (Å²) in [6.45, 7) is 3.51. The number of aliphatic carboxylic acids is 4. The van der Waals surface area contributed by atoms with E-state index in [0.29, 0.717) is 45.3 Å². The molecular formula is C58H67F12N11O15S2. The number of nitriles is 1. The smallest absolute Gasteiger partial charge is 0.490 e. The second-order valence-electron chi connectivity index (χ2n) is 20.4. The number of rotatable bonds is 19. The number of carbonyl (C=O) groups excluding carboxylic acids is 5. The Kier molecular flexibility index (Phi) is 34.5. The summed E-state index contributed by atoms with van der Waals surface area (Å²) in [5, 5.41) is 49.2. The van der Waals surface area contributed by atoms with E-state index in [9.17, 15) is 81.9 Å². The van der Waals surface area contributed by atoms with Gasteiger partial charge in [-0.1, -0.05) is 77.2 Å². The first-order valence-electron chi connectivity index (χ1n) is 28.5. The van der Waals surface area contributed by atoms with Crippen molar-refractivity contribution in [2.45, 2.75) is 119 Å². The first-order valence-corrected chi connectivity index (χ1v) is 30.9. The number of carboxylic acid groups (broad SMARTS) is 4. The summed E-state index contributed by atoms with van der Waals surface area (Å²) >= 11 is 0. The molecule has 5 amide bonds. The standard InChI is InChI=1S/C50H63N11O7S2.4C2HF3O2/c1-30-39(28-56-45(57-30)34-12-9-32(10-13-34)29-69-70-36-7-5-4-6-8-36)47(63)59-40(17-18-51)50(66)61(3)44-35-14-16-43(68-24-21-54)38(27-35)37-25-33(11-15-42(37)67-23-20-53)26-41(48(64)55-22-19-52)60-46(62)31(2)58-49(44)65;4*3-2(4,5)1(6)7/h9-16,25,27-28,31,36,40-41,44H,4-8,17-18,20-24,26,29,51,53-54H2,1-3H3,(H,55,64)(H,58,65)(H,59,63)(H,60,62);4*(H,6,7)/t31-,40-,41-,44-;;;;/m0..../s1. The molecule has 3 aromatic carbocycles. The number of halogens is 12. The maximum Gasteiger partial charge on any atom is 0.490 e. The molecule has 4 atom stereocenters. The molecule has 40 heteroatoms. The van der Waals surface area contributed by atoms with Crippen LogP contribution in [-0.2, 0) is 50.5 Å². The molecule has 0 spiro atoms. The van der Waals surface area contributed by atoms with Crippen LogP contribution in [0.15, 0.2) is 66.9 Å². The number of benzene rings is 3. The van der Waals surface area contributed by atoms with Crippen LogP contribution in [0.1, 0.15) is 84.2 Å². The van der Waals surface area contributed by atoms with Crippen LogP contribution in [0.4, 0.5) is 52.7 Å². The molecule has 2 aliphatic rings. The van der Waals surface area contributed by atoms with E-state index in [0.717, 1.165) is 16.6 Å². The third kappa shape index (κ3) is 28.9. The zero-order valence-corrected chi connectivity index (χ0v) is 53.4. The monoisotopic (exact) mass is 1450 g/mol. The van der Waals surface area contributed by atoms with Crippen molar-refractivity contribution in [3.05, 3.63) is 94.8 Å². The zero-order chi connectivity index (χ0) is 74.5. The van der Waals surface area contributed by atoms with Crippen molar-refractivity contribution in [1.82, 2.24) is 36.1 Å². The van der Waals surface area contributed by atoms with Crippen molar-refractivity contribution in [2.75, 3.05) is 46.4 Å². The lowest BCUT2D eigenvalue weighted by atomic mass is 9.93. The first kappa shape index (κ1) is 84.9. The van der Waals surface area contributed by atoms with Crippen LogP contribution in [0, 0.1) is 18.3 Å². The molecule has 6 rings (SSSR count). The number of nitrogens with zero attached hydrogens (tertiary/aromatic N) is 4. The summed E-state index contributed by atoms with van der Waals surface area (Å²) in [6.07, 6.45) is -12.4. The molecule has 1 aromatic heterocycles. The van der Waals surface area contributed by atoms with E-state index < -0.39 is 102 Å². The largest absolute Gasteiger partial charge is 0.492 e. The Bertz CT molecular complexity index is 3320. The minimum absolute atomic E-state index is 0.00312. The average molecular weight is 1450 g/mol. The molecule has 1 aliphatic heterocycles. The molecule has 1 saturated carbocycles. The van der Waals surface area contributed by atoms with Gasteiger partial charge in [0.05, 0.1) is 17.3 Å². The molecule has 14 N–H and O–H groups in total. The molecular weight excluding hydrogens is 1380 g/mol. The number of fused-ring (bicyclic) bond motifs is 5. The SMILES string of the molecule is Cc1nc(-c2ccc(CSSC3CCCCC3)cc2)ncc1C(=O)N[C@@H](CCN)C(=O)N(C)[C@@H]1C(=O)N[C@@H](C)C(=O)N[C@H](C(=O)NCC#N)Cc2ccc(OCCN)c(c2)-c2cc1ccc2OCCN.O=C(O)C(F)(F)F.O=C(O)C(F)(F)F.O=C(O)C(F)(F)F.O=C(O)C(F)(F)F. The lowest BCUT2D eigenvalue weighted by Gasteiger charge is -2.32. The van der Waals surface area contributed by atoms with Crippen LogP contribution in [0.5, 0.6) is 11.5 Å². The van der Waals surface area contributed by atoms with Crippen LogP contribution >= 0.6 is 21.6 Å². The van der Waals surface area contributed by atoms with Crippen LogP contribution < -0.4 is 47.9 Å². The van der Waals surface area contributed by atoms with Crippen LogP contribution in [0.2, 0.25) is 0 Å². The number of likely N-dealkylation sites (N-methyl/N-ethyl adjacent to an activating group) is 1. The maximum atomic E-state index is 14.7. The Morgan fingerprint density at radius 2 is 1.22 bits per heavy atom. The Balaban J connectivity index is 0.000000971. The molecule has 98 heavy (non-hydrogen) atoms. The van der Waals surface area contributed by atoms with Crippen molar-refractivity contribution in [2.24, 2.45) is 17.2 Å². The fourth-order valence-electron chi connectivity index (χ4n) is 8.30. The van der Waals surface area contributed by atoms with E-state index in [2.05, 4.69) is 43.4 Å². The second-order valence-corrected chi connectivity index (χ2v) is 23.1. The fraction of sp³-hybridized carbons (Fsp3) is 0.448. The second kappa shape index (κ2) is 39.9. The van der Waals surface area contributed by atoms with Gasteiger partial charge in [0.15, 0.2) is 5.82 Å². The van der Waals surface area contributed by atoms with E-state index in [1.165, 1.54) is 62.7 Å². The van der Waals surface area contributed by atoms with Crippen LogP contribution in [0.3, 0.4) is 0 Å². The van der Waals surface area contributed by atoms with Gasteiger partial charge in [-0.15, -0.1) is 0 Å². The Morgan fingerprint density at radius 1 is 0.724 bits per heavy atom. The van der Waals surface area contributed by atoms with Crippen molar-refractivity contribution in [3.8, 4) is 40.1 Å². The molecule has 0 radical (unpaired) electrons. The summed E-state index contributed by atoms with van der Waals surface area (Å²) in [4.78, 5) is 116. The van der Waals surface area contributed by atoms with E-state index in [-0.39, 0.29) is 57.8 Å². The van der Waals surface area contributed by atoms with Crippen LogP contribution in [-0.4, -0.2) is 183 Å². The lowest BCUT2D eigenvalue weighted by molar-refractivity contribution is -0.193. The summed E-state index contributed by atoms with van der Waals surface area (Å²) < 4.78 is 139. The highest BCUT2D eigenvalue weighted by Crippen LogP contribution is 2.41. The van der Waals surface area contributed by atoms with Gasteiger partial charge in [-0.25, -0.2) is 29.1 Å². The Labute approximate surface area is 557 Å². The molecule has 540 valence electrons. The molecule has 4 bridgehead atoms. The van der Waals surface area contributed by atoms with Crippen molar-refractivity contribution in [3.63, 3.8) is 0 Å². The quantitative estimate of drug-likeness (QED) is 0.0276. The highest BCUT2D eigenvalue weighted by Gasteiger charge is 2.41. The number of hydrogen-bond donors (Lipinski definition) is 11. The van der Waals surface area contributed by atoms with Gasteiger partial charge in [-0.3, -0.25) is 24.0 Å². The first-order chi connectivity index (χ1) is 45.6. The number of nitrogens with two attached hydrogens (primary N) is 3. The van der Waals surface area contributed by atoms with Crippen LogP contribution in [0.25, 0.3) is 22.5 Å². The predicted octanol–water partition coefficient (Wildman–Crippen LogP) is 6.37. The zero-order valence-electron chi connectivity index (χ0n) is 51.8. The average Bonchev–Trinajstić information content (AvgIpc) is 0.782. The minimum atomic E-state index is -5.08. The molecule has 0 unspecified atom stereocenters. The number of ether oxygens (including phenoxy) is 2. The molecule has 2 heterocycles. The number of nitrogens with one attached hydrogen (secondary N) is 4. The van der Waals surface area contributed by atoms with Crippen molar-refractivity contribution >= 4 is 75.0 Å². The molecule has 1 aliphatic carbocycles. The number of aryl methyl sites for hydroxylation is 1. The number of aromatic nitrogens is 2. The highest BCUT2D eigenvalue weighted by molar-refractivity contribution is 8.76. The van der Waals surface area contributed by atoms with Gasteiger partial charge in [0, 0.05) is 60.4 Å².